The Morgan fingerprint density at radius 3 is 2.47 bits per heavy atom. The van der Waals surface area contributed by atoms with Gasteiger partial charge in [-0.2, -0.15) is 10.1 Å². The number of hydrazone groups is 1. The van der Waals surface area contributed by atoms with Crippen LogP contribution in [0.5, 0.6) is 11.5 Å². The second-order valence-corrected chi connectivity index (χ2v) is 8.07. The molecule has 162 valence electrons. The minimum Gasteiger partial charge on any atom is -0.497 e. The summed E-state index contributed by atoms with van der Waals surface area (Å²) in [5.74, 6) is 1.28. The lowest BCUT2D eigenvalue weighted by atomic mass is 10.1. The number of amides is 1. The molecule has 32 heavy (non-hydrogen) atoms. The van der Waals surface area contributed by atoms with Gasteiger partial charge in [-0.1, -0.05) is 29.0 Å². The Labute approximate surface area is 190 Å². The lowest BCUT2D eigenvalue weighted by Gasteiger charge is -2.14. The zero-order valence-electron chi connectivity index (χ0n) is 18.1. The molecule has 6 nitrogen and oxygen atoms in total. The number of carbonyl (C=O) groups excluding carboxylic acids is 1. The fraction of sp³-hybridized carbons (Fsp3) is 0.160. The van der Waals surface area contributed by atoms with E-state index in [-0.39, 0.29) is 5.91 Å². The van der Waals surface area contributed by atoms with E-state index in [9.17, 15) is 4.79 Å². The zero-order valence-corrected chi connectivity index (χ0v) is 18.9. The zero-order chi connectivity index (χ0) is 22.5. The van der Waals surface area contributed by atoms with Crippen molar-refractivity contribution in [2.24, 2.45) is 5.10 Å². The van der Waals surface area contributed by atoms with Crippen molar-refractivity contribution in [3.05, 3.63) is 83.4 Å². The van der Waals surface area contributed by atoms with E-state index in [2.05, 4.69) is 10.1 Å². The van der Waals surface area contributed by atoms with E-state index in [1.54, 1.807) is 25.5 Å². The number of methoxy groups -OCH3 is 1. The predicted molar refractivity (Wildman–Crippen MR) is 129 cm³/mol. The number of anilines is 1. The quantitative estimate of drug-likeness (QED) is 0.271. The van der Waals surface area contributed by atoms with Crippen LogP contribution in [0.3, 0.4) is 0 Å². The van der Waals surface area contributed by atoms with Crippen molar-refractivity contribution in [2.45, 2.75) is 13.8 Å². The van der Waals surface area contributed by atoms with Gasteiger partial charge in [0, 0.05) is 5.56 Å². The third-order valence-electron chi connectivity index (χ3n) is 4.77. The lowest BCUT2D eigenvalue weighted by Crippen LogP contribution is -2.25. The summed E-state index contributed by atoms with van der Waals surface area (Å²) < 4.78 is 11.7. The van der Waals surface area contributed by atoms with Gasteiger partial charge in [0.1, 0.15) is 11.5 Å². The van der Waals surface area contributed by atoms with Crippen LogP contribution in [0.15, 0.2) is 71.8 Å². The minimum atomic E-state index is -0.252. The summed E-state index contributed by atoms with van der Waals surface area (Å²) in [6.07, 6.45) is 1.65. The molecule has 0 atom stereocenters. The Morgan fingerprint density at radius 1 is 1.06 bits per heavy atom. The predicted octanol–water partition coefficient (Wildman–Crippen LogP) is 5.69. The number of thiazole rings is 1. The van der Waals surface area contributed by atoms with Crippen LogP contribution in [0, 0.1) is 6.92 Å². The average molecular weight is 446 g/mol. The summed E-state index contributed by atoms with van der Waals surface area (Å²) in [7, 11) is 1.62. The largest absolute Gasteiger partial charge is 0.497 e. The molecule has 0 aliphatic carbocycles. The summed E-state index contributed by atoms with van der Waals surface area (Å²) in [4.78, 5) is 18.0. The molecular formula is C25H23N3O3S. The highest BCUT2D eigenvalue weighted by Gasteiger charge is 2.21. The number of hydrogen-bond acceptors (Lipinski definition) is 6. The van der Waals surface area contributed by atoms with E-state index < -0.39 is 0 Å². The van der Waals surface area contributed by atoms with E-state index in [4.69, 9.17) is 9.47 Å². The molecule has 0 saturated heterocycles. The molecular weight excluding hydrogens is 422 g/mol. The monoisotopic (exact) mass is 445 g/mol. The molecule has 1 aromatic heterocycles. The number of nitrogens with zero attached hydrogens (tertiary/aromatic N) is 3. The maximum absolute atomic E-state index is 13.4. The highest BCUT2D eigenvalue weighted by Crippen LogP contribution is 2.32. The Hall–Kier alpha value is -3.71. The van der Waals surface area contributed by atoms with Crippen LogP contribution in [0.25, 0.3) is 10.2 Å². The van der Waals surface area contributed by atoms with Gasteiger partial charge >= 0.3 is 0 Å². The molecule has 4 rings (SSSR count). The summed E-state index contributed by atoms with van der Waals surface area (Å²) in [6.45, 7) is 4.53. The Balaban J connectivity index is 1.70. The summed E-state index contributed by atoms with van der Waals surface area (Å²) >= 11 is 1.39. The van der Waals surface area contributed by atoms with Crippen LogP contribution in [0.4, 0.5) is 5.13 Å². The van der Waals surface area contributed by atoms with E-state index >= 15 is 0 Å². The van der Waals surface area contributed by atoms with Gasteiger partial charge in [0.2, 0.25) is 5.13 Å². The van der Waals surface area contributed by atoms with Crippen molar-refractivity contribution in [1.29, 1.82) is 0 Å². The van der Waals surface area contributed by atoms with Crippen LogP contribution in [-0.2, 0) is 0 Å². The van der Waals surface area contributed by atoms with Gasteiger partial charge in [0.05, 0.1) is 30.1 Å². The van der Waals surface area contributed by atoms with Crippen molar-refractivity contribution in [2.75, 3.05) is 18.7 Å². The van der Waals surface area contributed by atoms with Gasteiger partial charge in [-0.25, -0.2) is 4.98 Å². The first-order valence-electron chi connectivity index (χ1n) is 10.2. The molecule has 0 aliphatic rings. The molecule has 1 heterocycles. The molecule has 0 aliphatic heterocycles. The second-order valence-electron chi connectivity index (χ2n) is 7.06. The number of carbonyl (C=O) groups is 1. The topological polar surface area (TPSA) is 64.0 Å². The number of aryl methyl sites for hydroxylation is 1. The molecule has 0 spiro atoms. The Kier molecular flexibility index (Phi) is 6.47. The number of fused-ring (bicyclic) bond motifs is 1. The van der Waals surface area contributed by atoms with Crippen molar-refractivity contribution >= 4 is 38.8 Å². The molecule has 0 unspecified atom stereocenters. The van der Waals surface area contributed by atoms with Gasteiger partial charge in [-0.3, -0.25) is 4.79 Å². The maximum atomic E-state index is 13.4. The third-order valence-corrected chi connectivity index (χ3v) is 5.76. The van der Waals surface area contributed by atoms with Crippen LogP contribution >= 0.6 is 11.3 Å². The highest BCUT2D eigenvalue weighted by molar-refractivity contribution is 7.22. The molecule has 0 fully saturated rings. The highest BCUT2D eigenvalue weighted by atomic mass is 32.1. The fourth-order valence-electron chi connectivity index (χ4n) is 3.06. The van der Waals surface area contributed by atoms with Crippen molar-refractivity contribution in [3.63, 3.8) is 0 Å². The molecule has 1 amide bonds. The SMILES string of the molecule is CCOc1ccc(/C=N/N(C(=O)c2ccc(C)cc2)c2nc3ccc(OC)cc3s2)cc1. The Bertz CT molecular complexity index is 1250. The van der Waals surface area contributed by atoms with E-state index in [0.29, 0.717) is 17.3 Å². The van der Waals surface area contributed by atoms with E-state index in [1.807, 2.05) is 68.4 Å². The standard InChI is InChI=1S/C25H23N3O3S/c1-4-31-20-11-7-18(8-12-20)16-26-28(24(29)19-9-5-17(2)6-10-19)25-27-22-14-13-21(30-3)15-23(22)32-25/h5-16H,4H2,1-3H3/b26-16+. The van der Waals surface area contributed by atoms with Gasteiger partial charge in [0.15, 0.2) is 0 Å². The molecule has 4 aromatic rings. The number of hydrogen-bond donors (Lipinski definition) is 0. The van der Waals surface area contributed by atoms with Crippen LogP contribution in [-0.4, -0.2) is 30.8 Å². The fourth-order valence-corrected chi connectivity index (χ4v) is 4.01. The average Bonchev–Trinajstić information content (AvgIpc) is 3.23. The molecule has 3 aromatic carbocycles. The van der Waals surface area contributed by atoms with Crippen LogP contribution in [0.1, 0.15) is 28.4 Å². The third kappa shape index (κ3) is 4.78. The Morgan fingerprint density at radius 2 is 1.78 bits per heavy atom. The number of aromatic nitrogens is 1. The summed E-state index contributed by atoms with van der Waals surface area (Å²) in [5.41, 5.74) is 3.25. The van der Waals surface area contributed by atoms with Gasteiger partial charge < -0.3 is 9.47 Å². The molecule has 0 N–H and O–H groups in total. The van der Waals surface area contributed by atoms with Crippen molar-refractivity contribution < 1.29 is 14.3 Å². The van der Waals surface area contributed by atoms with Crippen LogP contribution < -0.4 is 14.5 Å². The maximum Gasteiger partial charge on any atom is 0.280 e. The van der Waals surface area contributed by atoms with Crippen molar-refractivity contribution in [3.8, 4) is 11.5 Å². The van der Waals surface area contributed by atoms with Gasteiger partial charge in [-0.05, 0) is 74.0 Å². The first kappa shape index (κ1) is 21.5. The van der Waals surface area contributed by atoms with Crippen molar-refractivity contribution in [1.82, 2.24) is 4.98 Å². The molecule has 0 radical (unpaired) electrons. The summed E-state index contributed by atoms with van der Waals surface area (Å²) in [6, 6.07) is 20.6. The van der Waals surface area contributed by atoms with Crippen LogP contribution in [0.2, 0.25) is 0 Å². The smallest absolute Gasteiger partial charge is 0.280 e. The van der Waals surface area contributed by atoms with Gasteiger partial charge in [0.25, 0.3) is 5.91 Å². The molecule has 0 saturated carbocycles. The van der Waals surface area contributed by atoms with Gasteiger partial charge in [-0.15, -0.1) is 0 Å². The number of rotatable bonds is 7. The normalized spacial score (nSPS) is 11.1. The lowest BCUT2D eigenvalue weighted by molar-refractivity contribution is 0.0988. The second kappa shape index (κ2) is 9.62. The minimum absolute atomic E-state index is 0.252. The first-order valence-corrected chi connectivity index (χ1v) is 11.0. The van der Waals surface area contributed by atoms with E-state index in [1.165, 1.54) is 16.3 Å². The number of ether oxygens (including phenoxy) is 2. The molecule has 0 bridgehead atoms. The number of benzene rings is 3. The van der Waals surface area contributed by atoms with E-state index in [0.717, 1.165) is 32.8 Å². The summed E-state index contributed by atoms with van der Waals surface area (Å²) in [5, 5.41) is 6.34. The molecule has 7 heteroatoms. The first-order chi connectivity index (χ1) is 15.6.